The van der Waals surface area contributed by atoms with E-state index >= 15 is 0 Å². The van der Waals surface area contributed by atoms with E-state index in [1.54, 1.807) is 13.0 Å². The Labute approximate surface area is 70.4 Å². The van der Waals surface area contributed by atoms with Gasteiger partial charge in [-0.2, -0.15) is 8.42 Å². The van der Waals surface area contributed by atoms with Crippen molar-refractivity contribution in [2.45, 2.75) is 13.5 Å². The van der Waals surface area contributed by atoms with Crippen molar-refractivity contribution in [1.82, 2.24) is 5.16 Å². The second-order valence-electron chi connectivity index (χ2n) is 2.40. The minimum Gasteiger partial charge on any atom is -0.359 e. The molecule has 0 atom stereocenters. The number of hydrogen-bond donors (Lipinski definition) is 0. The molecule has 0 bridgehead atoms. The van der Waals surface area contributed by atoms with Gasteiger partial charge in [-0.25, -0.2) is 0 Å². The van der Waals surface area contributed by atoms with Gasteiger partial charge >= 0.3 is 0 Å². The zero-order valence-electron chi connectivity index (χ0n) is 6.77. The molecular weight excluding hydrogens is 182 g/mol. The Bertz CT molecular complexity index is 353. The molecule has 0 fully saturated rings. The molecule has 68 valence electrons. The maximum absolute atomic E-state index is 10.5. The van der Waals surface area contributed by atoms with Crippen LogP contribution in [0.25, 0.3) is 0 Å². The summed E-state index contributed by atoms with van der Waals surface area (Å²) in [5, 5.41) is 3.57. The Morgan fingerprint density at radius 3 is 2.75 bits per heavy atom. The summed E-state index contributed by atoms with van der Waals surface area (Å²) >= 11 is 0. The largest absolute Gasteiger partial charge is 0.359 e. The average molecular weight is 191 g/mol. The van der Waals surface area contributed by atoms with Crippen LogP contribution < -0.4 is 0 Å². The number of nitrogens with zero attached hydrogens (tertiary/aromatic N) is 1. The molecule has 0 amide bonds. The molecule has 0 saturated heterocycles. The molecule has 1 rings (SSSR count). The summed E-state index contributed by atoms with van der Waals surface area (Å²) in [5.41, 5.74) is 0.696. The van der Waals surface area contributed by atoms with Gasteiger partial charge < -0.3 is 4.52 Å². The molecule has 1 aromatic rings. The van der Waals surface area contributed by atoms with Gasteiger partial charge in [0.05, 0.1) is 11.9 Å². The van der Waals surface area contributed by atoms with E-state index in [0.29, 0.717) is 11.5 Å². The Morgan fingerprint density at radius 2 is 2.33 bits per heavy atom. The van der Waals surface area contributed by atoms with Gasteiger partial charge in [0.25, 0.3) is 10.1 Å². The van der Waals surface area contributed by atoms with E-state index in [2.05, 4.69) is 9.34 Å². The molecule has 5 nitrogen and oxygen atoms in total. The lowest BCUT2D eigenvalue weighted by atomic mass is 10.4. The highest BCUT2D eigenvalue weighted by molar-refractivity contribution is 7.85. The van der Waals surface area contributed by atoms with Crippen LogP contribution in [-0.4, -0.2) is 19.8 Å². The molecule has 12 heavy (non-hydrogen) atoms. The van der Waals surface area contributed by atoms with Gasteiger partial charge in [-0.3, -0.25) is 4.18 Å². The third kappa shape index (κ3) is 3.02. The monoisotopic (exact) mass is 191 g/mol. The molecule has 6 heteroatoms. The minimum atomic E-state index is -3.40. The summed E-state index contributed by atoms with van der Waals surface area (Å²) in [4.78, 5) is 0. The normalized spacial score (nSPS) is 11.8. The molecule has 0 spiro atoms. The van der Waals surface area contributed by atoms with Gasteiger partial charge in [0, 0.05) is 6.07 Å². The smallest absolute Gasteiger partial charge is 0.264 e. The first-order valence-corrected chi connectivity index (χ1v) is 5.05. The molecule has 1 aromatic heterocycles. The predicted molar refractivity (Wildman–Crippen MR) is 40.9 cm³/mol. The van der Waals surface area contributed by atoms with Crippen molar-refractivity contribution < 1.29 is 17.1 Å². The van der Waals surface area contributed by atoms with Crippen LogP contribution in [0.2, 0.25) is 0 Å². The van der Waals surface area contributed by atoms with Gasteiger partial charge in [-0.15, -0.1) is 0 Å². The first kappa shape index (κ1) is 9.21. The van der Waals surface area contributed by atoms with E-state index in [-0.39, 0.29) is 6.61 Å². The molecule has 0 radical (unpaired) electrons. The summed E-state index contributed by atoms with van der Waals surface area (Å²) < 4.78 is 30.2. The molecule has 0 aliphatic rings. The van der Waals surface area contributed by atoms with Crippen LogP contribution >= 0.6 is 0 Å². The lowest BCUT2D eigenvalue weighted by molar-refractivity contribution is 0.255. The number of hydrogen-bond acceptors (Lipinski definition) is 5. The van der Waals surface area contributed by atoms with Gasteiger partial charge in [0.1, 0.15) is 6.61 Å². The number of aromatic nitrogens is 1. The molecule has 0 saturated carbocycles. The quantitative estimate of drug-likeness (QED) is 0.649. The number of aryl methyl sites for hydroxylation is 1. The van der Waals surface area contributed by atoms with Crippen molar-refractivity contribution in [3.8, 4) is 0 Å². The van der Waals surface area contributed by atoms with Crippen molar-refractivity contribution in [3.63, 3.8) is 0 Å². The lowest BCUT2D eigenvalue weighted by Crippen LogP contribution is -2.01. The highest BCUT2D eigenvalue weighted by Gasteiger charge is 2.05. The first-order chi connectivity index (χ1) is 5.47. The standard InChI is InChI=1S/C6H9NO4S/c1-5-3-6(11-7-5)4-10-12(2,8)9/h3H,4H2,1-2H3. The van der Waals surface area contributed by atoms with Crippen LogP contribution in [0.5, 0.6) is 0 Å². The van der Waals surface area contributed by atoms with Crippen molar-refractivity contribution in [3.05, 3.63) is 17.5 Å². The first-order valence-electron chi connectivity index (χ1n) is 3.24. The Balaban J connectivity index is 2.55. The van der Waals surface area contributed by atoms with Gasteiger partial charge in [-0.05, 0) is 6.92 Å². The average Bonchev–Trinajstić information content (AvgIpc) is 2.30. The zero-order chi connectivity index (χ0) is 9.19. The predicted octanol–water partition coefficient (Wildman–Crippen LogP) is 0.459. The van der Waals surface area contributed by atoms with Crippen LogP contribution in [0.15, 0.2) is 10.6 Å². The Morgan fingerprint density at radius 1 is 1.67 bits per heavy atom. The number of rotatable bonds is 3. The maximum atomic E-state index is 10.5. The molecular formula is C6H9NO4S. The summed E-state index contributed by atoms with van der Waals surface area (Å²) in [7, 11) is -3.40. The summed E-state index contributed by atoms with van der Waals surface area (Å²) in [6.07, 6.45) is 0.982. The summed E-state index contributed by atoms with van der Waals surface area (Å²) in [6, 6.07) is 1.62. The van der Waals surface area contributed by atoms with Crippen LogP contribution in [0.3, 0.4) is 0 Å². The van der Waals surface area contributed by atoms with Crippen LogP contribution in [0.1, 0.15) is 11.5 Å². The Hall–Kier alpha value is -0.880. The van der Waals surface area contributed by atoms with Crippen LogP contribution in [0.4, 0.5) is 0 Å². The fourth-order valence-corrected chi connectivity index (χ4v) is 0.980. The Kier molecular flexibility index (Phi) is 2.49. The maximum Gasteiger partial charge on any atom is 0.264 e. The topological polar surface area (TPSA) is 69.4 Å². The van der Waals surface area contributed by atoms with Crippen molar-refractivity contribution in [2.24, 2.45) is 0 Å². The molecule has 0 aliphatic carbocycles. The molecule has 0 aliphatic heterocycles. The molecule has 0 aromatic carbocycles. The van der Waals surface area contributed by atoms with E-state index in [9.17, 15) is 8.42 Å². The SMILES string of the molecule is Cc1cc(COS(C)(=O)=O)on1. The van der Waals surface area contributed by atoms with Gasteiger partial charge in [0.2, 0.25) is 0 Å². The van der Waals surface area contributed by atoms with Crippen molar-refractivity contribution >= 4 is 10.1 Å². The molecule has 1 heterocycles. The highest BCUT2D eigenvalue weighted by atomic mass is 32.2. The van der Waals surface area contributed by atoms with E-state index in [1.165, 1.54) is 0 Å². The van der Waals surface area contributed by atoms with E-state index in [1.807, 2.05) is 0 Å². The van der Waals surface area contributed by atoms with Crippen molar-refractivity contribution in [1.29, 1.82) is 0 Å². The van der Waals surface area contributed by atoms with Crippen LogP contribution in [0, 0.1) is 6.92 Å². The van der Waals surface area contributed by atoms with E-state index in [0.717, 1.165) is 6.26 Å². The van der Waals surface area contributed by atoms with Gasteiger partial charge in [0.15, 0.2) is 5.76 Å². The van der Waals surface area contributed by atoms with E-state index in [4.69, 9.17) is 4.52 Å². The third-order valence-corrected chi connectivity index (χ3v) is 1.64. The lowest BCUT2D eigenvalue weighted by Gasteiger charge is -1.94. The fraction of sp³-hybridized carbons (Fsp3) is 0.500. The third-order valence-electron chi connectivity index (χ3n) is 1.09. The second-order valence-corrected chi connectivity index (χ2v) is 4.04. The van der Waals surface area contributed by atoms with E-state index < -0.39 is 10.1 Å². The summed E-state index contributed by atoms with van der Waals surface area (Å²) in [6.45, 7) is 1.65. The second kappa shape index (κ2) is 3.24. The summed E-state index contributed by atoms with van der Waals surface area (Å²) in [5.74, 6) is 0.401. The zero-order valence-corrected chi connectivity index (χ0v) is 7.59. The van der Waals surface area contributed by atoms with Crippen LogP contribution in [-0.2, 0) is 20.9 Å². The minimum absolute atomic E-state index is 0.0975. The molecule has 0 N–H and O–H groups in total. The fourth-order valence-electron chi connectivity index (χ4n) is 0.649. The van der Waals surface area contributed by atoms with Crippen molar-refractivity contribution in [2.75, 3.05) is 6.26 Å². The highest BCUT2D eigenvalue weighted by Crippen LogP contribution is 2.04. The molecule has 0 unspecified atom stereocenters. The van der Waals surface area contributed by atoms with Gasteiger partial charge in [-0.1, -0.05) is 5.16 Å².